The molecule has 38 heavy (non-hydrogen) atoms. The lowest BCUT2D eigenvalue weighted by Crippen LogP contribution is -2.43. The van der Waals surface area contributed by atoms with Gasteiger partial charge in [-0.2, -0.15) is 14.3 Å². The Balaban J connectivity index is 1.37. The van der Waals surface area contributed by atoms with Gasteiger partial charge in [0.2, 0.25) is 21.9 Å². The van der Waals surface area contributed by atoms with Gasteiger partial charge in [0.1, 0.15) is 25.0 Å². The molecule has 0 saturated heterocycles. The van der Waals surface area contributed by atoms with E-state index >= 15 is 0 Å². The first-order chi connectivity index (χ1) is 18.4. The summed E-state index contributed by atoms with van der Waals surface area (Å²) in [6.07, 6.45) is 5.00. The van der Waals surface area contributed by atoms with Crippen LogP contribution in [0.25, 0.3) is 11.0 Å². The van der Waals surface area contributed by atoms with E-state index in [-0.39, 0.29) is 12.1 Å². The Morgan fingerprint density at radius 1 is 1.00 bits per heavy atom. The zero-order valence-electron chi connectivity index (χ0n) is 21.5. The summed E-state index contributed by atoms with van der Waals surface area (Å²) >= 11 is 0. The summed E-state index contributed by atoms with van der Waals surface area (Å²) < 4.78 is 54.8. The Labute approximate surface area is 221 Å². The molecule has 3 heterocycles. The van der Waals surface area contributed by atoms with E-state index in [9.17, 15) is 8.42 Å². The molecule has 2 atom stereocenters. The number of hydrogen-bond donors (Lipinski definition) is 2. The highest BCUT2D eigenvalue weighted by molar-refractivity contribution is 7.88. The van der Waals surface area contributed by atoms with Crippen molar-refractivity contribution in [1.29, 1.82) is 0 Å². The van der Waals surface area contributed by atoms with Crippen LogP contribution in [0.5, 0.6) is 17.4 Å². The summed E-state index contributed by atoms with van der Waals surface area (Å²) in [5, 5.41) is 3.95. The minimum Gasteiger partial charge on any atom is -0.487 e. The number of rotatable bonds is 6. The van der Waals surface area contributed by atoms with E-state index < -0.39 is 10.0 Å². The Hall–Kier alpha value is -3.13. The van der Waals surface area contributed by atoms with E-state index in [0.29, 0.717) is 74.3 Å². The number of hydrogen-bond acceptors (Lipinski definition) is 10. The second-order valence-electron chi connectivity index (χ2n) is 9.23. The smallest absolute Gasteiger partial charge is 0.232 e. The van der Waals surface area contributed by atoms with Gasteiger partial charge >= 0.3 is 0 Å². The normalized spacial score (nSPS) is 21.1. The third-order valence-corrected chi connectivity index (χ3v) is 7.91. The third-order valence-electron chi connectivity index (χ3n) is 6.59. The first kappa shape index (κ1) is 26.5. The van der Waals surface area contributed by atoms with E-state index in [1.54, 1.807) is 13.2 Å². The van der Waals surface area contributed by atoms with E-state index in [2.05, 4.69) is 20.3 Å². The van der Waals surface area contributed by atoms with Crippen LogP contribution in [0.1, 0.15) is 19.3 Å². The van der Waals surface area contributed by atoms with Crippen LogP contribution in [0.4, 0.5) is 11.6 Å². The minimum atomic E-state index is -3.35. The average Bonchev–Trinajstić information content (AvgIpc) is 3.53. The Kier molecular flexibility index (Phi) is 8.17. The number of sulfonamides is 1. The standard InChI is InChI=1S/C25H33N5O7S/c1-30(38(2,31)32)19-4-3-5-20(19)37-24-18-8-9-26-23(18)28-25(29-24)27-17-6-7-21-22(16-17)36-15-13-34-11-10-33-12-14-35-21/h6-9,16,19-20H,3-5,10-15H2,1-2H3,(H2,26,27,28,29)/t19?,20-/m1/s1. The summed E-state index contributed by atoms with van der Waals surface area (Å²) in [6, 6.07) is 7.07. The van der Waals surface area contributed by atoms with Crippen molar-refractivity contribution >= 4 is 32.7 Å². The average molecular weight is 548 g/mol. The number of H-pyrrole nitrogens is 1. The van der Waals surface area contributed by atoms with Gasteiger partial charge in [-0.15, -0.1) is 0 Å². The highest BCUT2D eigenvalue weighted by Crippen LogP contribution is 2.34. The molecule has 2 aromatic heterocycles. The van der Waals surface area contributed by atoms with Crippen molar-refractivity contribution in [2.45, 2.75) is 31.4 Å². The summed E-state index contributed by atoms with van der Waals surface area (Å²) in [5.74, 6) is 1.88. The number of likely N-dealkylation sites (N-methyl/N-ethyl adjacent to an activating group) is 1. The van der Waals surface area contributed by atoms with Gasteiger partial charge in [0.15, 0.2) is 11.5 Å². The third kappa shape index (κ3) is 6.29. The number of aromatic nitrogens is 3. The van der Waals surface area contributed by atoms with Gasteiger partial charge in [0.25, 0.3) is 0 Å². The van der Waals surface area contributed by atoms with Crippen LogP contribution in [0.2, 0.25) is 0 Å². The molecule has 0 bridgehead atoms. The molecule has 5 rings (SSSR count). The number of nitrogens with zero attached hydrogens (tertiary/aromatic N) is 3. The largest absolute Gasteiger partial charge is 0.487 e. The molecule has 3 aromatic rings. The van der Waals surface area contributed by atoms with Crippen LogP contribution in [0, 0.1) is 0 Å². The zero-order valence-corrected chi connectivity index (χ0v) is 22.3. The van der Waals surface area contributed by atoms with Gasteiger partial charge in [-0.1, -0.05) is 0 Å². The molecule has 0 spiro atoms. The lowest BCUT2D eigenvalue weighted by Gasteiger charge is -2.28. The number of ether oxygens (including phenoxy) is 5. The number of nitrogens with one attached hydrogen (secondary N) is 2. The van der Waals surface area contributed by atoms with Gasteiger partial charge in [0, 0.05) is 25.0 Å². The zero-order chi connectivity index (χ0) is 26.5. The molecular formula is C25H33N5O7S. The van der Waals surface area contributed by atoms with Crippen LogP contribution in [0.3, 0.4) is 0 Å². The number of aromatic amines is 1. The van der Waals surface area contributed by atoms with Gasteiger partial charge in [-0.25, -0.2) is 8.42 Å². The van der Waals surface area contributed by atoms with Gasteiger partial charge in [-0.05, 0) is 37.5 Å². The fraction of sp³-hybridized carbons (Fsp3) is 0.520. The predicted octanol–water partition coefficient (Wildman–Crippen LogP) is 2.70. The van der Waals surface area contributed by atoms with Crippen LogP contribution in [-0.2, 0) is 19.5 Å². The first-order valence-corrected chi connectivity index (χ1v) is 14.5. The van der Waals surface area contributed by atoms with Crippen LogP contribution in [-0.4, -0.2) is 92.8 Å². The Morgan fingerprint density at radius 2 is 1.74 bits per heavy atom. The maximum absolute atomic E-state index is 12.2. The topological polar surface area (TPSA) is 137 Å². The molecule has 1 aromatic carbocycles. The monoisotopic (exact) mass is 547 g/mol. The highest BCUT2D eigenvalue weighted by Gasteiger charge is 2.36. The lowest BCUT2D eigenvalue weighted by atomic mass is 10.2. The fourth-order valence-electron chi connectivity index (χ4n) is 4.60. The summed E-state index contributed by atoms with van der Waals surface area (Å²) in [6.45, 7) is 2.68. The molecule has 12 nitrogen and oxygen atoms in total. The quantitative estimate of drug-likeness (QED) is 0.474. The molecule has 2 aliphatic rings. The van der Waals surface area contributed by atoms with Gasteiger partial charge < -0.3 is 34.0 Å². The molecule has 0 amide bonds. The van der Waals surface area contributed by atoms with E-state index in [0.717, 1.165) is 24.6 Å². The SMILES string of the molecule is CN(C1CCC[C@H]1Oc1nc(Nc2ccc3c(c2)OCCOCCOCCO3)nc2[nH]ccc12)S(C)(=O)=O. The summed E-state index contributed by atoms with van der Waals surface area (Å²) in [4.78, 5) is 12.3. The molecule has 1 fully saturated rings. The Bertz CT molecular complexity index is 1350. The fourth-order valence-corrected chi connectivity index (χ4v) is 5.33. The van der Waals surface area contributed by atoms with Crippen molar-refractivity contribution in [3.05, 3.63) is 30.5 Å². The van der Waals surface area contributed by atoms with Crippen LogP contribution in [0.15, 0.2) is 30.5 Å². The number of fused-ring (bicyclic) bond motifs is 2. The van der Waals surface area contributed by atoms with Crippen molar-refractivity contribution < 1.29 is 32.1 Å². The minimum absolute atomic E-state index is 0.257. The molecule has 1 unspecified atom stereocenters. The molecule has 13 heteroatoms. The van der Waals surface area contributed by atoms with E-state index in [1.165, 1.54) is 10.6 Å². The van der Waals surface area contributed by atoms with Gasteiger partial charge in [-0.3, -0.25) is 0 Å². The second kappa shape index (κ2) is 11.7. The first-order valence-electron chi connectivity index (χ1n) is 12.7. The second-order valence-corrected chi connectivity index (χ2v) is 11.3. The van der Waals surface area contributed by atoms with E-state index in [1.807, 2.05) is 24.3 Å². The summed E-state index contributed by atoms with van der Waals surface area (Å²) in [5.41, 5.74) is 1.30. The van der Waals surface area contributed by atoms with Crippen molar-refractivity contribution in [1.82, 2.24) is 19.3 Å². The number of benzene rings is 1. The molecular weight excluding hydrogens is 514 g/mol. The van der Waals surface area contributed by atoms with Gasteiger partial charge in [0.05, 0.1) is 44.1 Å². The summed E-state index contributed by atoms with van der Waals surface area (Å²) in [7, 11) is -1.75. The molecule has 1 aliphatic carbocycles. The van der Waals surface area contributed by atoms with Crippen molar-refractivity contribution in [2.75, 3.05) is 58.3 Å². The molecule has 1 aliphatic heterocycles. The molecule has 206 valence electrons. The molecule has 2 N–H and O–H groups in total. The van der Waals surface area contributed by atoms with E-state index in [4.69, 9.17) is 23.7 Å². The maximum Gasteiger partial charge on any atom is 0.232 e. The van der Waals surface area contributed by atoms with Crippen molar-refractivity contribution in [2.24, 2.45) is 0 Å². The van der Waals surface area contributed by atoms with Crippen LogP contribution < -0.4 is 19.5 Å². The van der Waals surface area contributed by atoms with Crippen LogP contribution >= 0.6 is 0 Å². The van der Waals surface area contributed by atoms with Crippen molar-refractivity contribution in [3.63, 3.8) is 0 Å². The molecule has 1 saturated carbocycles. The number of anilines is 2. The highest BCUT2D eigenvalue weighted by atomic mass is 32.2. The molecule has 0 radical (unpaired) electrons. The maximum atomic E-state index is 12.2. The predicted molar refractivity (Wildman–Crippen MR) is 141 cm³/mol. The van der Waals surface area contributed by atoms with Crippen molar-refractivity contribution in [3.8, 4) is 17.4 Å². The lowest BCUT2D eigenvalue weighted by molar-refractivity contribution is 0.0223. The Morgan fingerprint density at radius 3 is 2.50 bits per heavy atom.